The molecule has 146 valence electrons. The fourth-order valence-corrected chi connectivity index (χ4v) is 4.11. The van der Waals surface area contributed by atoms with Crippen LogP contribution >= 0.6 is 11.3 Å². The Morgan fingerprint density at radius 2 is 1.93 bits per heavy atom. The Kier molecular flexibility index (Phi) is 5.64. The number of thiazole rings is 1. The van der Waals surface area contributed by atoms with E-state index in [0.717, 1.165) is 27.5 Å². The number of hydrogen-bond acceptors (Lipinski definition) is 5. The Balaban J connectivity index is 1.36. The van der Waals surface area contributed by atoms with Crippen molar-refractivity contribution in [1.29, 1.82) is 0 Å². The van der Waals surface area contributed by atoms with E-state index in [1.165, 1.54) is 10.3 Å². The fourth-order valence-electron chi connectivity index (χ4n) is 3.04. The first-order chi connectivity index (χ1) is 14.1. The van der Waals surface area contributed by atoms with Gasteiger partial charge in [-0.05, 0) is 67.9 Å². The average molecular weight is 403 g/mol. The zero-order valence-electron chi connectivity index (χ0n) is 16.3. The normalized spacial score (nSPS) is 12.1. The number of nitrogens with zero attached hydrogens (tertiary/aromatic N) is 2. The Morgan fingerprint density at radius 3 is 2.69 bits per heavy atom. The van der Waals surface area contributed by atoms with Gasteiger partial charge in [-0.25, -0.2) is 4.98 Å². The molecule has 1 atom stereocenters. The van der Waals surface area contributed by atoms with E-state index in [1.807, 2.05) is 49.4 Å². The third-order valence-electron chi connectivity index (χ3n) is 4.66. The molecule has 1 unspecified atom stereocenters. The van der Waals surface area contributed by atoms with Crippen molar-refractivity contribution in [3.05, 3.63) is 78.1 Å². The predicted octanol–water partition coefficient (Wildman–Crippen LogP) is 4.96. The van der Waals surface area contributed by atoms with Gasteiger partial charge in [0.25, 0.3) is 0 Å². The van der Waals surface area contributed by atoms with Crippen LogP contribution in [-0.2, 0) is 4.79 Å². The lowest BCUT2D eigenvalue weighted by molar-refractivity contribution is -0.115. The number of rotatable bonds is 6. The van der Waals surface area contributed by atoms with Gasteiger partial charge in [-0.1, -0.05) is 12.1 Å². The van der Waals surface area contributed by atoms with E-state index < -0.39 is 0 Å². The third kappa shape index (κ3) is 4.67. The van der Waals surface area contributed by atoms with E-state index in [2.05, 4.69) is 40.7 Å². The van der Waals surface area contributed by atoms with Gasteiger partial charge in [-0.3, -0.25) is 9.78 Å². The van der Waals surface area contributed by atoms with Crippen molar-refractivity contribution in [1.82, 2.24) is 15.3 Å². The van der Waals surface area contributed by atoms with Crippen LogP contribution in [0.1, 0.15) is 24.2 Å². The van der Waals surface area contributed by atoms with Crippen LogP contribution in [0.25, 0.3) is 20.8 Å². The molecule has 2 heterocycles. The number of hydrogen-bond donors (Lipinski definition) is 2. The summed E-state index contributed by atoms with van der Waals surface area (Å²) >= 11 is 1.68. The average Bonchev–Trinajstić information content (AvgIpc) is 3.16. The van der Waals surface area contributed by atoms with Crippen LogP contribution in [0.2, 0.25) is 0 Å². The molecule has 0 bridgehead atoms. The number of amides is 1. The van der Waals surface area contributed by atoms with Crippen LogP contribution in [0.3, 0.4) is 0 Å². The number of pyridine rings is 1. The topological polar surface area (TPSA) is 66.9 Å². The Labute approximate surface area is 173 Å². The second kappa shape index (κ2) is 8.51. The molecule has 1 amide bonds. The highest BCUT2D eigenvalue weighted by Crippen LogP contribution is 2.31. The molecule has 2 N–H and O–H groups in total. The number of anilines is 1. The first kappa shape index (κ1) is 19.2. The van der Waals surface area contributed by atoms with E-state index in [4.69, 9.17) is 4.98 Å². The van der Waals surface area contributed by atoms with Gasteiger partial charge < -0.3 is 10.6 Å². The summed E-state index contributed by atoms with van der Waals surface area (Å²) in [6, 6.07) is 19.9. The molecular weight excluding hydrogens is 380 g/mol. The first-order valence-electron chi connectivity index (χ1n) is 9.50. The standard InChI is InChI=1S/C23H22N4OS/c1-15-6-11-20-21(13-15)29-23(27-20)17-7-9-18(10-8-17)26-22(28)14-25-16(2)19-5-3-4-12-24-19/h3-13,16,25H,14H2,1-2H3,(H,26,28). The number of aryl methyl sites for hydroxylation is 1. The van der Waals surface area contributed by atoms with Gasteiger partial charge in [-0.2, -0.15) is 0 Å². The Hall–Kier alpha value is -3.09. The SMILES string of the molecule is Cc1ccc2nc(-c3ccc(NC(=O)CNC(C)c4ccccn4)cc3)sc2c1. The molecule has 0 fully saturated rings. The van der Waals surface area contributed by atoms with E-state index in [1.54, 1.807) is 17.5 Å². The van der Waals surface area contributed by atoms with Crippen molar-refractivity contribution in [3.63, 3.8) is 0 Å². The summed E-state index contributed by atoms with van der Waals surface area (Å²) in [6.07, 6.45) is 1.75. The summed E-state index contributed by atoms with van der Waals surface area (Å²) in [5.74, 6) is -0.0870. The first-order valence-corrected chi connectivity index (χ1v) is 10.3. The van der Waals surface area contributed by atoms with Gasteiger partial charge in [0.1, 0.15) is 5.01 Å². The maximum absolute atomic E-state index is 12.2. The summed E-state index contributed by atoms with van der Waals surface area (Å²) in [6.45, 7) is 4.29. The molecular formula is C23H22N4OS. The summed E-state index contributed by atoms with van der Waals surface area (Å²) < 4.78 is 1.19. The van der Waals surface area contributed by atoms with Crippen molar-refractivity contribution in [3.8, 4) is 10.6 Å². The molecule has 0 saturated heterocycles. The van der Waals surface area contributed by atoms with Crippen molar-refractivity contribution in [2.45, 2.75) is 19.9 Å². The number of fused-ring (bicyclic) bond motifs is 1. The van der Waals surface area contributed by atoms with E-state index in [0.29, 0.717) is 0 Å². The van der Waals surface area contributed by atoms with E-state index in [-0.39, 0.29) is 18.5 Å². The largest absolute Gasteiger partial charge is 0.325 e. The molecule has 0 aliphatic carbocycles. The third-order valence-corrected chi connectivity index (χ3v) is 5.73. The highest BCUT2D eigenvalue weighted by atomic mass is 32.1. The van der Waals surface area contributed by atoms with Crippen LogP contribution < -0.4 is 10.6 Å². The molecule has 0 spiro atoms. The van der Waals surface area contributed by atoms with Crippen molar-refractivity contribution in [2.75, 3.05) is 11.9 Å². The molecule has 2 aromatic carbocycles. The molecule has 6 heteroatoms. The van der Waals surface area contributed by atoms with Gasteiger partial charge in [0.15, 0.2) is 0 Å². The van der Waals surface area contributed by atoms with Crippen LogP contribution in [0, 0.1) is 6.92 Å². The van der Waals surface area contributed by atoms with E-state index >= 15 is 0 Å². The number of aromatic nitrogens is 2. The van der Waals surface area contributed by atoms with Gasteiger partial charge in [0.2, 0.25) is 5.91 Å². The zero-order valence-corrected chi connectivity index (χ0v) is 17.2. The zero-order chi connectivity index (χ0) is 20.2. The Morgan fingerprint density at radius 1 is 1.10 bits per heavy atom. The lowest BCUT2D eigenvalue weighted by atomic mass is 10.2. The minimum Gasteiger partial charge on any atom is -0.325 e. The molecule has 0 radical (unpaired) electrons. The predicted molar refractivity (Wildman–Crippen MR) is 119 cm³/mol. The monoisotopic (exact) mass is 402 g/mol. The quantitative estimate of drug-likeness (QED) is 0.479. The molecule has 2 aromatic heterocycles. The summed E-state index contributed by atoms with van der Waals surface area (Å²) in [7, 11) is 0. The summed E-state index contributed by atoms with van der Waals surface area (Å²) in [5, 5.41) is 7.10. The van der Waals surface area contributed by atoms with Crippen LogP contribution in [-0.4, -0.2) is 22.4 Å². The maximum atomic E-state index is 12.2. The number of carbonyl (C=O) groups is 1. The summed E-state index contributed by atoms with van der Waals surface area (Å²) in [5.41, 5.74) is 4.97. The summed E-state index contributed by atoms with van der Waals surface area (Å²) in [4.78, 5) is 21.3. The Bertz CT molecular complexity index is 1120. The molecule has 5 nitrogen and oxygen atoms in total. The van der Waals surface area contributed by atoms with Gasteiger partial charge in [0, 0.05) is 23.5 Å². The van der Waals surface area contributed by atoms with Crippen LogP contribution in [0.15, 0.2) is 66.9 Å². The highest BCUT2D eigenvalue weighted by Gasteiger charge is 2.10. The molecule has 4 rings (SSSR count). The van der Waals surface area contributed by atoms with Crippen molar-refractivity contribution < 1.29 is 4.79 Å². The van der Waals surface area contributed by atoms with Gasteiger partial charge >= 0.3 is 0 Å². The smallest absolute Gasteiger partial charge is 0.238 e. The van der Waals surface area contributed by atoms with Crippen LogP contribution in [0.4, 0.5) is 5.69 Å². The minimum absolute atomic E-state index is 0.00648. The number of benzene rings is 2. The molecule has 0 aliphatic rings. The second-order valence-electron chi connectivity index (χ2n) is 6.97. The van der Waals surface area contributed by atoms with Crippen LogP contribution in [0.5, 0.6) is 0 Å². The van der Waals surface area contributed by atoms with Gasteiger partial charge in [-0.15, -0.1) is 11.3 Å². The number of nitrogens with one attached hydrogen (secondary N) is 2. The van der Waals surface area contributed by atoms with Crippen molar-refractivity contribution in [2.24, 2.45) is 0 Å². The van der Waals surface area contributed by atoms with Crippen molar-refractivity contribution >= 4 is 33.1 Å². The van der Waals surface area contributed by atoms with Gasteiger partial charge in [0.05, 0.1) is 22.5 Å². The maximum Gasteiger partial charge on any atom is 0.238 e. The molecule has 0 aliphatic heterocycles. The molecule has 0 saturated carbocycles. The highest BCUT2D eigenvalue weighted by molar-refractivity contribution is 7.21. The lowest BCUT2D eigenvalue weighted by Gasteiger charge is -2.13. The lowest BCUT2D eigenvalue weighted by Crippen LogP contribution is -2.30. The fraction of sp³-hybridized carbons (Fsp3) is 0.174. The number of carbonyl (C=O) groups excluding carboxylic acids is 1. The second-order valence-corrected chi connectivity index (χ2v) is 8.00. The molecule has 29 heavy (non-hydrogen) atoms. The molecule has 4 aromatic rings. The minimum atomic E-state index is -0.0870. The van der Waals surface area contributed by atoms with E-state index in [9.17, 15) is 4.79 Å².